The van der Waals surface area contributed by atoms with Crippen LogP contribution in [-0.2, 0) is 15.0 Å². The van der Waals surface area contributed by atoms with E-state index in [9.17, 15) is 14.7 Å². The van der Waals surface area contributed by atoms with Crippen molar-refractivity contribution in [2.24, 2.45) is 0 Å². The summed E-state index contributed by atoms with van der Waals surface area (Å²) in [6.07, 6.45) is 2.66. The van der Waals surface area contributed by atoms with E-state index in [1.807, 2.05) is 36.4 Å². The molecule has 6 nitrogen and oxygen atoms in total. The smallest absolute Gasteiger partial charge is 0.235 e. The summed E-state index contributed by atoms with van der Waals surface area (Å²) in [7, 11) is 0. The molecule has 1 saturated carbocycles. The van der Waals surface area contributed by atoms with Crippen molar-refractivity contribution < 1.29 is 14.7 Å². The van der Waals surface area contributed by atoms with Crippen LogP contribution in [0.1, 0.15) is 31.7 Å². The fourth-order valence-corrected chi connectivity index (χ4v) is 4.01. The van der Waals surface area contributed by atoms with Crippen molar-refractivity contribution in [3.8, 4) is 5.75 Å². The van der Waals surface area contributed by atoms with Gasteiger partial charge in [0.2, 0.25) is 5.91 Å². The molecule has 1 aliphatic carbocycles. The molecule has 1 heterocycles. The van der Waals surface area contributed by atoms with Crippen LogP contribution < -0.4 is 15.5 Å². The van der Waals surface area contributed by atoms with E-state index < -0.39 is 5.41 Å². The number of benzene rings is 2. The van der Waals surface area contributed by atoms with Gasteiger partial charge in [-0.05, 0) is 68.1 Å². The summed E-state index contributed by atoms with van der Waals surface area (Å²) in [5, 5.41) is 15.8. The van der Waals surface area contributed by atoms with Gasteiger partial charge in [0.25, 0.3) is 0 Å². The number of carbonyl (C=O) groups excluding carboxylic acids is 2. The van der Waals surface area contributed by atoms with Gasteiger partial charge in [-0.15, -0.1) is 0 Å². The van der Waals surface area contributed by atoms with Crippen molar-refractivity contribution in [2.75, 3.05) is 29.9 Å². The van der Waals surface area contributed by atoms with E-state index >= 15 is 0 Å². The molecule has 1 amide bonds. The highest BCUT2D eigenvalue weighted by Crippen LogP contribution is 2.49. The molecule has 29 heavy (non-hydrogen) atoms. The van der Waals surface area contributed by atoms with Crippen LogP contribution in [0.25, 0.3) is 0 Å². The van der Waals surface area contributed by atoms with Gasteiger partial charge >= 0.3 is 0 Å². The van der Waals surface area contributed by atoms with Crippen LogP contribution in [0, 0.1) is 0 Å². The van der Waals surface area contributed by atoms with Crippen molar-refractivity contribution in [3.05, 3.63) is 54.1 Å². The highest BCUT2D eigenvalue weighted by Gasteiger charge is 2.51. The van der Waals surface area contributed by atoms with E-state index in [0.717, 1.165) is 49.3 Å². The molecule has 3 N–H and O–H groups in total. The lowest BCUT2D eigenvalue weighted by molar-refractivity contribution is -0.118. The lowest BCUT2D eigenvalue weighted by Gasteiger charge is -2.20. The third-order valence-electron chi connectivity index (χ3n) is 5.92. The minimum Gasteiger partial charge on any atom is -0.508 e. The fourth-order valence-electron chi connectivity index (χ4n) is 4.01. The summed E-state index contributed by atoms with van der Waals surface area (Å²) in [5.74, 6) is 0.371. The number of phenols is 1. The topological polar surface area (TPSA) is 81.7 Å². The number of phenolic OH excluding ortho intramolecular Hbond substituents is 1. The highest BCUT2D eigenvalue weighted by atomic mass is 16.3. The number of aromatic hydroxyl groups is 1. The Morgan fingerprint density at radius 1 is 1.10 bits per heavy atom. The Morgan fingerprint density at radius 2 is 1.79 bits per heavy atom. The zero-order chi connectivity index (χ0) is 20.4. The molecule has 1 aliphatic heterocycles. The summed E-state index contributed by atoms with van der Waals surface area (Å²) in [4.78, 5) is 26.3. The largest absolute Gasteiger partial charge is 0.508 e. The number of amides is 1. The molecule has 152 valence electrons. The number of Topliss-reactive ketones (excluding diaryl/α,β-unsaturated/α-hetero) is 1. The van der Waals surface area contributed by atoms with Crippen LogP contribution >= 0.6 is 0 Å². The molecule has 0 spiro atoms. The van der Waals surface area contributed by atoms with Crippen LogP contribution in [0.5, 0.6) is 5.75 Å². The van der Waals surface area contributed by atoms with Crippen LogP contribution in [0.2, 0.25) is 0 Å². The van der Waals surface area contributed by atoms with Crippen LogP contribution in [0.15, 0.2) is 48.5 Å². The maximum Gasteiger partial charge on any atom is 0.235 e. The van der Waals surface area contributed by atoms with Crippen molar-refractivity contribution in [1.82, 2.24) is 5.32 Å². The van der Waals surface area contributed by atoms with Crippen molar-refractivity contribution in [2.45, 2.75) is 37.6 Å². The molecule has 2 aromatic rings. The zero-order valence-electron chi connectivity index (χ0n) is 16.6. The lowest BCUT2D eigenvalue weighted by atomic mass is 9.95. The Morgan fingerprint density at radius 3 is 2.41 bits per heavy atom. The number of rotatable bonds is 7. The molecular formula is C23H27N3O3. The van der Waals surface area contributed by atoms with Gasteiger partial charge in [-0.3, -0.25) is 9.59 Å². The Kier molecular flexibility index (Phi) is 5.28. The molecule has 2 aliphatic rings. The molecule has 6 heteroatoms. The summed E-state index contributed by atoms with van der Waals surface area (Å²) in [6.45, 7) is 3.85. The SMILES string of the molecule is CC(=O)CNC1CCN(c2ccc(NC(=O)C3(c4ccc(O)cc4)CC3)cc2)C1. The van der Waals surface area contributed by atoms with Gasteiger partial charge in [0.1, 0.15) is 11.5 Å². The quantitative estimate of drug-likeness (QED) is 0.674. The van der Waals surface area contributed by atoms with Gasteiger partial charge < -0.3 is 20.6 Å². The van der Waals surface area contributed by atoms with E-state index in [-0.39, 0.29) is 17.4 Å². The van der Waals surface area contributed by atoms with E-state index in [0.29, 0.717) is 12.6 Å². The first kappa shape index (κ1) is 19.5. The van der Waals surface area contributed by atoms with Crippen LogP contribution in [0.3, 0.4) is 0 Å². The second-order valence-corrected chi connectivity index (χ2v) is 8.14. The lowest BCUT2D eigenvalue weighted by Crippen LogP contribution is -2.35. The molecule has 2 fully saturated rings. The first-order valence-electron chi connectivity index (χ1n) is 10.2. The summed E-state index contributed by atoms with van der Waals surface area (Å²) in [6, 6.07) is 15.2. The monoisotopic (exact) mass is 393 g/mol. The number of nitrogens with one attached hydrogen (secondary N) is 2. The maximum absolute atomic E-state index is 12.9. The number of carbonyl (C=O) groups is 2. The third-order valence-corrected chi connectivity index (χ3v) is 5.92. The van der Waals surface area contributed by atoms with Crippen molar-refractivity contribution in [3.63, 3.8) is 0 Å². The summed E-state index contributed by atoms with van der Waals surface area (Å²) < 4.78 is 0. The molecule has 1 unspecified atom stereocenters. The average molecular weight is 393 g/mol. The first-order valence-corrected chi connectivity index (χ1v) is 10.2. The third kappa shape index (κ3) is 4.27. The van der Waals surface area contributed by atoms with Gasteiger partial charge in [0.05, 0.1) is 12.0 Å². The van der Waals surface area contributed by atoms with E-state index in [4.69, 9.17) is 0 Å². The molecule has 0 aromatic heterocycles. The second kappa shape index (κ2) is 7.87. The number of ketones is 1. The predicted octanol–water partition coefficient (Wildman–Crippen LogP) is 2.82. The predicted molar refractivity (Wildman–Crippen MR) is 113 cm³/mol. The Balaban J connectivity index is 1.36. The van der Waals surface area contributed by atoms with Crippen molar-refractivity contribution in [1.29, 1.82) is 0 Å². The number of hydrogen-bond acceptors (Lipinski definition) is 5. The molecule has 2 aromatic carbocycles. The van der Waals surface area contributed by atoms with E-state index in [2.05, 4.69) is 15.5 Å². The zero-order valence-corrected chi connectivity index (χ0v) is 16.6. The van der Waals surface area contributed by atoms with Gasteiger partial charge in [0.15, 0.2) is 0 Å². The minimum absolute atomic E-state index is 0.00519. The Bertz CT molecular complexity index is 889. The van der Waals surface area contributed by atoms with Gasteiger partial charge in [-0.25, -0.2) is 0 Å². The van der Waals surface area contributed by atoms with E-state index in [1.165, 1.54) is 0 Å². The highest BCUT2D eigenvalue weighted by molar-refractivity contribution is 6.01. The summed E-state index contributed by atoms with van der Waals surface area (Å²) in [5.41, 5.74) is 2.38. The van der Waals surface area contributed by atoms with Gasteiger partial charge in [-0.1, -0.05) is 12.1 Å². The Hall–Kier alpha value is -2.86. The number of hydrogen-bond donors (Lipinski definition) is 3. The number of anilines is 2. The maximum atomic E-state index is 12.9. The molecule has 1 atom stereocenters. The molecule has 4 rings (SSSR count). The average Bonchev–Trinajstić information content (AvgIpc) is 3.39. The second-order valence-electron chi connectivity index (χ2n) is 8.14. The molecular weight excluding hydrogens is 366 g/mol. The minimum atomic E-state index is -0.475. The standard InChI is InChI=1S/C23H27N3O3/c1-16(27)14-24-19-10-13-26(15-19)20-6-4-18(5-7-20)25-22(29)23(11-12-23)17-2-8-21(28)9-3-17/h2-9,19,24,28H,10-15H2,1H3,(H,25,29). The normalized spacial score (nSPS) is 19.8. The molecule has 0 bridgehead atoms. The first-order chi connectivity index (χ1) is 14.0. The number of nitrogens with zero attached hydrogens (tertiary/aromatic N) is 1. The van der Waals surface area contributed by atoms with Crippen LogP contribution in [0.4, 0.5) is 11.4 Å². The molecule has 0 radical (unpaired) electrons. The van der Waals surface area contributed by atoms with Gasteiger partial charge in [0, 0.05) is 30.5 Å². The molecule has 1 saturated heterocycles. The summed E-state index contributed by atoms with van der Waals surface area (Å²) >= 11 is 0. The Labute approximate surface area is 170 Å². The van der Waals surface area contributed by atoms with Crippen LogP contribution in [-0.4, -0.2) is 42.5 Å². The van der Waals surface area contributed by atoms with E-state index in [1.54, 1.807) is 19.1 Å². The fraction of sp³-hybridized carbons (Fsp3) is 0.391. The van der Waals surface area contributed by atoms with Crippen molar-refractivity contribution >= 4 is 23.1 Å². The van der Waals surface area contributed by atoms with Gasteiger partial charge in [-0.2, -0.15) is 0 Å².